The summed E-state index contributed by atoms with van der Waals surface area (Å²) in [5.74, 6) is 0.0652. The van der Waals surface area contributed by atoms with Gasteiger partial charge in [0.25, 0.3) is 5.91 Å². The highest BCUT2D eigenvalue weighted by atomic mass is 35.5. The van der Waals surface area contributed by atoms with Crippen LogP contribution in [-0.4, -0.2) is 84.0 Å². The van der Waals surface area contributed by atoms with E-state index in [1.807, 2.05) is 28.8 Å². The van der Waals surface area contributed by atoms with Crippen LogP contribution in [0, 0.1) is 0 Å². The van der Waals surface area contributed by atoms with Gasteiger partial charge in [0.2, 0.25) is 0 Å². The second-order valence-electron chi connectivity index (χ2n) is 7.23. The van der Waals surface area contributed by atoms with Crippen molar-refractivity contribution in [2.75, 3.05) is 52.5 Å². The Labute approximate surface area is 168 Å². The molecule has 154 valence electrons. The van der Waals surface area contributed by atoms with Gasteiger partial charge >= 0.3 is 0 Å². The van der Waals surface area contributed by atoms with E-state index in [4.69, 9.17) is 4.74 Å². The third-order valence-electron chi connectivity index (χ3n) is 5.56. The summed E-state index contributed by atoms with van der Waals surface area (Å²) in [6, 6.07) is 2.64. The molecule has 0 radical (unpaired) electrons. The first kappa shape index (κ1) is 22.1. The lowest BCUT2D eigenvalue weighted by Gasteiger charge is -2.41. The van der Waals surface area contributed by atoms with E-state index in [0.29, 0.717) is 17.8 Å². The minimum atomic E-state index is 0. The van der Waals surface area contributed by atoms with Crippen molar-refractivity contribution >= 4 is 18.3 Å². The van der Waals surface area contributed by atoms with E-state index in [2.05, 4.69) is 22.2 Å². The molecule has 0 spiro atoms. The second-order valence-corrected chi connectivity index (χ2v) is 7.23. The molecule has 2 atom stereocenters. The number of piperidine rings is 1. The van der Waals surface area contributed by atoms with Crippen molar-refractivity contribution in [2.45, 2.75) is 45.2 Å². The van der Waals surface area contributed by atoms with Gasteiger partial charge in [-0.05, 0) is 38.8 Å². The zero-order valence-corrected chi connectivity index (χ0v) is 17.4. The van der Waals surface area contributed by atoms with Crippen molar-refractivity contribution in [2.24, 2.45) is 0 Å². The fraction of sp³-hybridized carbons (Fsp3) is 0.789. The molecule has 1 N–H and O–H groups in total. The van der Waals surface area contributed by atoms with Gasteiger partial charge in [-0.3, -0.25) is 14.4 Å². The smallest absolute Gasteiger partial charge is 0.274 e. The molecule has 3 rings (SSSR count). The van der Waals surface area contributed by atoms with Crippen LogP contribution in [0.3, 0.4) is 0 Å². The normalized spacial score (nSPS) is 23.9. The molecular weight excluding hydrogens is 366 g/mol. The van der Waals surface area contributed by atoms with E-state index in [1.54, 1.807) is 0 Å². The van der Waals surface area contributed by atoms with E-state index in [0.717, 1.165) is 71.7 Å². The molecule has 7 nitrogen and oxygen atoms in total. The van der Waals surface area contributed by atoms with Gasteiger partial charge in [-0.2, -0.15) is 5.10 Å². The fourth-order valence-corrected chi connectivity index (χ4v) is 3.96. The number of nitrogens with zero attached hydrogens (tertiary/aromatic N) is 4. The maximum absolute atomic E-state index is 12.9. The Bertz CT molecular complexity index is 576. The van der Waals surface area contributed by atoms with Gasteiger partial charge in [0, 0.05) is 51.6 Å². The van der Waals surface area contributed by atoms with Gasteiger partial charge in [-0.15, -0.1) is 12.4 Å². The molecule has 27 heavy (non-hydrogen) atoms. The number of carbonyl (C=O) groups is 1. The number of carbonyl (C=O) groups excluding carboxylic acids is 1. The topological polar surface area (TPSA) is 62.6 Å². The summed E-state index contributed by atoms with van der Waals surface area (Å²) in [6.07, 6.45) is 5.28. The third-order valence-corrected chi connectivity index (χ3v) is 5.56. The lowest BCUT2D eigenvalue weighted by atomic mass is 10.1. The maximum atomic E-state index is 12.9. The van der Waals surface area contributed by atoms with Crippen molar-refractivity contribution < 1.29 is 9.53 Å². The van der Waals surface area contributed by atoms with Crippen LogP contribution < -0.4 is 5.32 Å². The number of ether oxygens (including phenoxy) is 1. The second kappa shape index (κ2) is 11.0. The van der Waals surface area contributed by atoms with E-state index >= 15 is 0 Å². The maximum Gasteiger partial charge on any atom is 0.274 e. The average molecular weight is 400 g/mol. The van der Waals surface area contributed by atoms with Crippen LogP contribution in [0.4, 0.5) is 0 Å². The molecule has 2 fully saturated rings. The number of piperazine rings is 1. The number of hydrogen-bond acceptors (Lipinski definition) is 5. The zero-order valence-electron chi connectivity index (χ0n) is 16.6. The van der Waals surface area contributed by atoms with E-state index in [1.165, 1.54) is 0 Å². The Hall–Kier alpha value is -1.15. The van der Waals surface area contributed by atoms with Crippen LogP contribution in [0.5, 0.6) is 0 Å². The molecule has 8 heteroatoms. The first-order chi connectivity index (χ1) is 12.7. The molecule has 1 aromatic heterocycles. The molecule has 1 amide bonds. The van der Waals surface area contributed by atoms with Gasteiger partial charge in [0.05, 0.1) is 12.6 Å². The van der Waals surface area contributed by atoms with Crippen molar-refractivity contribution in [3.05, 3.63) is 18.0 Å². The Morgan fingerprint density at radius 2 is 2.22 bits per heavy atom. The summed E-state index contributed by atoms with van der Waals surface area (Å²) in [5.41, 5.74) is 0.577. The Morgan fingerprint density at radius 1 is 1.37 bits per heavy atom. The molecule has 1 aromatic rings. The lowest BCUT2D eigenvalue weighted by Crippen LogP contribution is -2.55. The zero-order chi connectivity index (χ0) is 18.4. The number of hydrogen-bond donors (Lipinski definition) is 1. The summed E-state index contributed by atoms with van der Waals surface area (Å²) in [5, 5.41) is 7.99. The Kier molecular flexibility index (Phi) is 9.02. The number of rotatable bonds is 7. The van der Waals surface area contributed by atoms with Crippen molar-refractivity contribution in [1.29, 1.82) is 0 Å². The molecule has 3 heterocycles. The van der Waals surface area contributed by atoms with Crippen molar-refractivity contribution in [3.8, 4) is 0 Å². The largest absolute Gasteiger partial charge is 0.380 e. The molecular formula is C19H34ClN5O2. The summed E-state index contributed by atoms with van der Waals surface area (Å²) in [6.45, 7) is 11.1. The molecule has 2 saturated heterocycles. The minimum Gasteiger partial charge on any atom is -0.380 e. The van der Waals surface area contributed by atoms with Gasteiger partial charge in [0.15, 0.2) is 0 Å². The quantitative estimate of drug-likeness (QED) is 0.708. The first-order valence-corrected chi connectivity index (χ1v) is 10.1. The molecule has 2 unspecified atom stereocenters. The van der Waals surface area contributed by atoms with E-state index in [9.17, 15) is 4.79 Å². The van der Waals surface area contributed by atoms with Crippen LogP contribution in [0.1, 0.15) is 49.6 Å². The van der Waals surface area contributed by atoms with Crippen LogP contribution >= 0.6 is 12.4 Å². The van der Waals surface area contributed by atoms with Crippen LogP contribution in [0.25, 0.3) is 0 Å². The number of nitrogens with one attached hydrogen (secondary N) is 1. The van der Waals surface area contributed by atoms with Crippen molar-refractivity contribution in [3.63, 3.8) is 0 Å². The molecule has 2 aliphatic heterocycles. The van der Waals surface area contributed by atoms with Gasteiger partial charge < -0.3 is 15.0 Å². The predicted molar refractivity (Wildman–Crippen MR) is 109 cm³/mol. The highest BCUT2D eigenvalue weighted by Gasteiger charge is 2.30. The number of aromatic nitrogens is 2. The highest BCUT2D eigenvalue weighted by molar-refractivity contribution is 5.92. The van der Waals surface area contributed by atoms with Gasteiger partial charge in [-0.1, -0.05) is 6.92 Å². The lowest BCUT2D eigenvalue weighted by molar-refractivity contribution is 0.0336. The third kappa shape index (κ3) is 5.67. The Morgan fingerprint density at radius 3 is 2.93 bits per heavy atom. The Balaban J connectivity index is 0.00000261. The van der Waals surface area contributed by atoms with Gasteiger partial charge in [-0.25, -0.2) is 0 Å². The summed E-state index contributed by atoms with van der Waals surface area (Å²) >= 11 is 0. The first-order valence-electron chi connectivity index (χ1n) is 10.1. The van der Waals surface area contributed by atoms with Crippen LogP contribution in [0.15, 0.2) is 12.3 Å². The minimum absolute atomic E-state index is 0. The SMILES string of the molecule is CCOCCN1CCN(C(=O)c2ccn(C3CCCNC3)n2)CC1CC.Cl. The van der Waals surface area contributed by atoms with Crippen LogP contribution in [0.2, 0.25) is 0 Å². The molecule has 0 aromatic carbocycles. The fourth-order valence-electron chi connectivity index (χ4n) is 3.96. The number of halogens is 1. The van der Waals surface area contributed by atoms with E-state index < -0.39 is 0 Å². The molecule has 0 aliphatic carbocycles. The summed E-state index contributed by atoms with van der Waals surface area (Å²) < 4.78 is 7.46. The molecule has 2 aliphatic rings. The van der Waals surface area contributed by atoms with Crippen LogP contribution in [-0.2, 0) is 4.74 Å². The van der Waals surface area contributed by atoms with Gasteiger partial charge in [0.1, 0.15) is 5.69 Å². The molecule has 0 saturated carbocycles. The van der Waals surface area contributed by atoms with E-state index in [-0.39, 0.29) is 18.3 Å². The van der Waals surface area contributed by atoms with Crippen molar-refractivity contribution in [1.82, 2.24) is 24.9 Å². The monoisotopic (exact) mass is 399 g/mol. The predicted octanol–water partition coefficient (Wildman–Crippen LogP) is 1.80. The molecule has 0 bridgehead atoms. The summed E-state index contributed by atoms with van der Waals surface area (Å²) in [4.78, 5) is 17.3. The summed E-state index contributed by atoms with van der Waals surface area (Å²) in [7, 11) is 0. The number of amides is 1. The average Bonchev–Trinajstić information content (AvgIpc) is 3.18. The standard InChI is InChI=1S/C19H33N5O2.ClH/c1-3-16-15-23(11-10-22(16)12-13-26-4-2)19(25)18-7-9-24(21-18)17-6-5-8-20-14-17;/h7,9,16-17,20H,3-6,8,10-15H2,1-2H3;1H. The highest BCUT2D eigenvalue weighted by Crippen LogP contribution is 2.18.